The lowest BCUT2D eigenvalue weighted by molar-refractivity contribution is -0.0343. The Kier molecular flexibility index (Phi) is 1.57. The minimum Gasteiger partial charge on any atom is -0.378 e. The molecule has 0 N–H and O–H groups in total. The van der Waals surface area contributed by atoms with Crippen molar-refractivity contribution >= 4 is 0 Å². The fourth-order valence-corrected chi connectivity index (χ4v) is 2.70. The standard InChI is InChI=1S/C10H16O/c1-3-10(11-2)7-8-4-5-9(10)6-8/h4-5,8-9H,3,6-7H2,1-2H3. The molecule has 1 nitrogen and oxygen atoms in total. The average molecular weight is 152 g/mol. The summed E-state index contributed by atoms with van der Waals surface area (Å²) < 4.78 is 5.63. The zero-order valence-corrected chi connectivity index (χ0v) is 7.34. The van der Waals surface area contributed by atoms with E-state index < -0.39 is 0 Å². The fourth-order valence-electron chi connectivity index (χ4n) is 2.70. The summed E-state index contributed by atoms with van der Waals surface area (Å²) in [6, 6.07) is 0. The Balaban J connectivity index is 2.21. The molecule has 1 saturated carbocycles. The zero-order chi connectivity index (χ0) is 7.90. The van der Waals surface area contributed by atoms with Gasteiger partial charge in [0.05, 0.1) is 5.60 Å². The van der Waals surface area contributed by atoms with E-state index in [4.69, 9.17) is 4.74 Å². The van der Waals surface area contributed by atoms with Crippen LogP contribution in [0.3, 0.4) is 0 Å². The first-order chi connectivity index (χ1) is 5.30. The van der Waals surface area contributed by atoms with Crippen LogP contribution >= 0.6 is 0 Å². The Morgan fingerprint density at radius 2 is 2.36 bits per heavy atom. The molecule has 0 spiro atoms. The molecule has 0 heterocycles. The van der Waals surface area contributed by atoms with Crippen molar-refractivity contribution in [1.29, 1.82) is 0 Å². The van der Waals surface area contributed by atoms with Crippen LogP contribution in [0, 0.1) is 11.8 Å². The molecule has 0 amide bonds. The number of rotatable bonds is 2. The van der Waals surface area contributed by atoms with E-state index in [2.05, 4.69) is 19.1 Å². The molecule has 2 aliphatic rings. The summed E-state index contributed by atoms with van der Waals surface area (Å²) in [7, 11) is 1.86. The first-order valence-corrected chi connectivity index (χ1v) is 4.54. The highest BCUT2D eigenvalue weighted by atomic mass is 16.5. The largest absolute Gasteiger partial charge is 0.378 e. The SMILES string of the molecule is CCC1(OC)CC2C=CC1C2. The Morgan fingerprint density at radius 3 is 2.64 bits per heavy atom. The van der Waals surface area contributed by atoms with Crippen molar-refractivity contribution in [2.75, 3.05) is 7.11 Å². The minimum absolute atomic E-state index is 0.208. The monoisotopic (exact) mass is 152 g/mol. The molecule has 0 saturated heterocycles. The van der Waals surface area contributed by atoms with Crippen LogP contribution in [0.5, 0.6) is 0 Å². The quantitative estimate of drug-likeness (QED) is 0.552. The molecule has 62 valence electrons. The summed E-state index contributed by atoms with van der Waals surface area (Å²) >= 11 is 0. The maximum Gasteiger partial charge on any atom is 0.0744 e. The molecule has 0 radical (unpaired) electrons. The van der Waals surface area contributed by atoms with Crippen molar-refractivity contribution < 1.29 is 4.74 Å². The molecule has 3 atom stereocenters. The second kappa shape index (κ2) is 2.34. The van der Waals surface area contributed by atoms with Crippen LogP contribution < -0.4 is 0 Å². The van der Waals surface area contributed by atoms with Crippen LogP contribution in [0.15, 0.2) is 12.2 Å². The van der Waals surface area contributed by atoms with Gasteiger partial charge in [-0.2, -0.15) is 0 Å². The predicted molar refractivity (Wildman–Crippen MR) is 45.4 cm³/mol. The van der Waals surface area contributed by atoms with E-state index in [1.807, 2.05) is 7.11 Å². The molecule has 1 fully saturated rings. The van der Waals surface area contributed by atoms with Gasteiger partial charge in [0.2, 0.25) is 0 Å². The van der Waals surface area contributed by atoms with Gasteiger partial charge in [-0.15, -0.1) is 0 Å². The van der Waals surface area contributed by atoms with Crippen molar-refractivity contribution in [3.8, 4) is 0 Å². The lowest BCUT2D eigenvalue weighted by atomic mass is 9.86. The van der Waals surface area contributed by atoms with Crippen LogP contribution in [0.25, 0.3) is 0 Å². The third-order valence-corrected chi connectivity index (χ3v) is 3.46. The average Bonchev–Trinajstić information content (AvgIpc) is 2.62. The summed E-state index contributed by atoms with van der Waals surface area (Å²) in [5, 5.41) is 0. The van der Waals surface area contributed by atoms with Crippen molar-refractivity contribution in [2.45, 2.75) is 31.8 Å². The van der Waals surface area contributed by atoms with E-state index in [1.165, 1.54) is 12.8 Å². The molecule has 0 aliphatic heterocycles. The number of hydrogen-bond acceptors (Lipinski definition) is 1. The van der Waals surface area contributed by atoms with Crippen molar-refractivity contribution in [1.82, 2.24) is 0 Å². The van der Waals surface area contributed by atoms with Gasteiger partial charge in [-0.25, -0.2) is 0 Å². The highest BCUT2D eigenvalue weighted by molar-refractivity contribution is 5.16. The van der Waals surface area contributed by atoms with Crippen molar-refractivity contribution in [3.63, 3.8) is 0 Å². The lowest BCUT2D eigenvalue weighted by Crippen LogP contribution is -2.34. The van der Waals surface area contributed by atoms with E-state index >= 15 is 0 Å². The van der Waals surface area contributed by atoms with Gasteiger partial charge in [0.1, 0.15) is 0 Å². The predicted octanol–water partition coefficient (Wildman–Crippen LogP) is 2.38. The van der Waals surface area contributed by atoms with Crippen LogP contribution in [0.4, 0.5) is 0 Å². The van der Waals surface area contributed by atoms with Crippen LogP contribution in [0.1, 0.15) is 26.2 Å². The minimum atomic E-state index is 0.208. The maximum atomic E-state index is 5.63. The number of fused-ring (bicyclic) bond motifs is 2. The Labute approximate surface area is 68.4 Å². The highest BCUT2D eigenvalue weighted by Gasteiger charge is 2.47. The summed E-state index contributed by atoms with van der Waals surface area (Å²) in [5.74, 6) is 1.53. The molecule has 2 rings (SSSR count). The van der Waals surface area contributed by atoms with Gasteiger partial charge >= 0.3 is 0 Å². The Morgan fingerprint density at radius 1 is 1.55 bits per heavy atom. The topological polar surface area (TPSA) is 9.23 Å². The van der Waals surface area contributed by atoms with Gasteiger partial charge in [0.25, 0.3) is 0 Å². The molecule has 3 unspecified atom stereocenters. The Hall–Kier alpha value is -0.300. The highest BCUT2D eigenvalue weighted by Crippen LogP contribution is 2.49. The van der Waals surface area contributed by atoms with Gasteiger partial charge in [0, 0.05) is 13.0 Å². The number of ether oxygens (including phenoxy) is 1. The number of allylic oxidation sites excluding steroid dienone is 1. The van der Waals surface area contributed by atoms with E-state index in [0.29, 0.717) is 5.92 Å². The van der Waals surface area contributed by atoms with Crippen LogP contribution in [-0.2, 0) is 4.74 Å². The van der Waals surface area contributed by atoms with Crippen molar-refractivity contribution in [2.24, 2.45) is 11.8 Å². The summed E-state index contributed by atoms with van der Waals surface area (Å²) in [6.45, 7) is 2.23. The van der Waals surface area contributed by atoms with E-state index in [0.717, 1.165) is 12.3 Å². The van der Waals surface area contributed by atoms with Gasteiger partial charge < -0.3 is 4.74 Å². The van der Waals surface area contributed by atoms with Gasteiger partial charge in [-0.05, 0) is 25.2 Å². The molecule has 11 heavy (non-hydrogen) atoms. The number of methoxy groups -OCH3 is 1. The van der Waals surface area contributed by atoms with Gasteiger partial charge in [0.15, 0.2) is 0 Å². The van der Waals surface area contributed by atoms with E-state index in [1.54, 1.807) is 0 Å². The van der Waals surface area contributed by atoms with Gasteiger partial charge in [-0.3, -0.25) is 0 Å². The molecule has 2 aliphatic carbocycles. The smallest absolute Gasteiger partial charge is 0.0744 e. The maximum absolute atomic E-state index is 5.63. The fraction of sp³-hybridized carbons (Fsp3) is 0.800. The summed E-state index contributed by atoms with van der Waals surface area (Å²) in [6.07, 6.45) is 8.45. The van der Waals surface area contributed by atoms with Gasteiger partial charge in [-0.1, -0.05) is 19.1 Å². The first kappa shape index (κ1) is 7.35. The molecule has 0 aromatic heterocycles. The van der Waals surface area contributed by atoms with Crippen molar-refractivity contribution in [3.05, 3.63) is 12.2 Å². The third kappa shape index (κ3) is 0.871. The van der Waals surface area contributed by atoms with E-state index in [-0.39, 0.29) is 5.60 Å². The number of hydrogen-bond donors (Lipinski definition) is 0. The molecule has 0 aromatic carbocycles. The third-order valence-electron chi connectivity index (χ3n) is 3.46. The molecular formula is C10H16O. The molecule has 1 heteroatoms. The normalized spacial score (nSPS) is 47.1. The van der Waals surface area contributed by atoms with Crippen LogP contribution in [0.2, 0.25) is 0 Å². The first-order valence-electron chi connectivity index (χ1n) is 4.54. The second-order valence-electron chi connectivity index (χ2n) is 3.81. The molecule has 2 bridgehead atoms. The zero-order valence-electron chi connectivity index (χ0n) is 7.34. The Bertz CT molecular complexity index is 179. The van der Waals surface area contributed by atoms with E-state index in [9.17, 15) is 0 Å². The molecular weight excluding hydrogens is 136 g/mol. The summed E-state index contributed by atoms with van der Waals surface area (Å²) in [5.41, 5.74) is 0.208. The summed E-state index contributed by atoms with van der Waals surface area (Å²) in [4.78, 5) is 0. The van der Waals surface area contributed by atoms with Crippen LogP contribution in [-0.4, -0.2) is 12.7 Å². The second-order valence-corrected chi connectivity index (χ2v) is 3.81. The lowest BCUT2D eigenvalue weighted by Gasteiger charge is -2.33. The molecule has 0 aromatic rings.